The number of nitrogens with one attached hydrogen (secondary N) is 2. The molecule has 5 amide bonds. The number of phenols is 2. The van der Waals surface area contributed by atoms with Crippen LogP contribution in [0.5, 0.6) is 11.5 Å². The Bertz CT molecular complexity index is 2450. The van der Waals surface area contributed by atoms with Crippen LogP contribution in [-0.4, -0.2) is 121 Å². The fraction of sp³-hybridized carbons (Fsp3) is 0.310. The molecule has 1 aromatic heterocycles. The predicted octanol–water partition coefficient (Wildman–Crippen LogP) is 2.94. The second-order valence-electron chi connectivity index (χ2n) is 15.0. The largest absolute Gasteiger partial charge is 0.508 e. The number of carbonyl (C=O) groups is 5. The van der Waals surface area contributed by atoms with E-state index < -0.39 is 42.2 Å². The molecule has 5 N–H and O–H groups in total. The molecule has 3 aromatic carbocycles. The van der Waals surface area contributed by atoms with E-state index in [4.69, 9.17) is 0 Å². The van der Waals surface area contributed by atoms with Crippen molar-refractivity contribution in [3.8, 4) is 11.5 Å². The Kier molecular flexibility index (Phi) is 12.1. The summed E-state index contributed by atoms with van der Waals surface area (Å²) in [4.78, 5) is 78.4. The molecular formula is C42H43FN10O8. The van der Waals surface area contributed by atoms with Crippen molar-refractivity contribution < 1.29 is 43.7 Å². The van der Waals surface area contributed by atoms with Crippen molar-refractivity contribution in [2.75, 3.05) is 43.1 Å². The van der Waals surface area contributed by atoms with Gasteiger partial charge in [0.1, 0.15) is 41.5 Å². The van der Waals surface area contributed by atoms with Gasteiger partial charge in [-0.1, -0.05) is 26.0 Å². The van der Waals surface area contributed by atoms with Crippen LogP contribution in [0.15, 0.2) is 71.1 Å². The minimum absolute atomic E-state index is 0.0113. The first-order chi connectivity index (χ1) is 29.3. The zero-order valence-corrected chi connectivity index (χ0v) is 33.3. The highest BCUT2D eigenvalue weighted by Gasteiger charge is 2.40. The minimum atomic E-state index is -0.808. The lowest BCUT2D eigenvalue weighted by atomic mass is 9.98. The summed E-state index contributed by atoms with van der Waals surface area (Å²) in [5.74, 6) is -3.43. The monoisotopic (exact) mass is 834 g/mol. The third-order valence-electron chi connectivity index (χ3n) is 10.9. The number of aliphatic hydroxyl groups excluding tert-OH is 1. The van der Waals surface area contributed by atoms with E-state index >= 15 is 4.39 Å². The standard InChI is InChI=1S/C42H43FN10O8/c1-23(2)27-16-28(36(56)17-35(27)55)38(49-44-3)53(22-54)25-8-7-24(30(43)15-25)20-50-11-13-51(14-12-50)42(61)33-19-45-32(18-46-33)39(58)47-31-6-4-5-26-29(31)21-52(41(26)60)34-9-10-37(57)48-40(34)59/h4-8,15-19,23,34,54-56H,3,9-14,20-22H2,1-2H3,(H,47,58)(H,48,57,59)/b49-38-. The Labute approximate surface area is 349 Å². The Balaban J connectivity index is 0.945. The van der Waals surface area contributed by atoms with Gasteiger partial charge in [0.15, 0.2) is 5.84 Å². The van der Waals surface area contributed by atoms with Gasteiger partial charge in [0.25, 0.3) is 17.7 Å². The second kappa shape index (κ2) is 17.6. The molecule has 4 aromatic rings. The number of halogens is 1. The third-order valence-corrected chi connectivity index (χ3v) is 10.9. The lowest BCUT2D eigenvalue weighted by Crippen LogP contribution is -2.52. The highest BCUT2D eigenvalue weighted by Crippen LogP contribution is 2.35. The number of carbonyl (C=O) groups excluding carboxylic acids is 5. The van der Waals surface area contributed by atoms with Crippen molar-refractivity contribution in [3.63, 3.8) is 0 Å². The van der Waals surface area contributed by atoms with E-state index in [-0.39, 0.29) is 77.7 Å². The number of amides is 5. The number of aromatic nitrogens is 2. The number of phenolic OH excluding ortho intramolecular Hbond substituents is 2. The molecule has 4 heterocycles. The molecular weight excluding hydrogens is 792 g/mol. The zero-order chi connectivity index (χ0) is 43.5. The first-order valence-corrected chi connectivity index (χ1v) is 19.5. The summed E-state index contributed by atoms with van der Waals surface area (Å²) in [5, 5.41) is 44.0. The lowest BCUT2D eigenvalue weighted by Gasteiger charge is -2.34. The van der Waals surface area contributed by atoms with Crippen LogP contribution in [-0.2, 0) is 22.7 Å². The van der Waals surface area contributed by atoms with Crippen molar-refractivity contribution in [2.45, 2.75) is 51.7 Å². The van der Waals surface area contributed by atoms with Gasteiger partial charge in [0.05, 0.1) is 18.0 Å². The summed E-state index contributed by atoms with van der Waals surface area (Å²) in [6.07, 6.45) is 2.72. The van der Waals surface area contributed by atoms with Crippen molar-refractivity contribution in [1.29, 1.82) is 0 Å². The van der Waals surface area contributed by atoms with E-state index in [1.807, 2.05) is 18.7 Å². The molecule has 19 heteroatoms. The second-order valence-corrected chi connectivity index (χ2v) is 15.0. The molecule has 0 radical (unpaired) electrons. The number of piperidine rings is 1. The summed E-state index contributed by atoms with van der Waals surface area (Å²) < 4.78 is 15.6. The normalized spacial score (nSPS) is 17.0. The number of hydrogen-bond donors (Lipinski definition) is 5. The van der Waals surface area contributed by atoms with Gasteiger partial charge in [-0.05, 0) is 48.2 Å². The lowest BCUT2D eigenvalue weighted by molar-refractivity contribution is -0.136. The van der Waals surface area contributed by atoms with Crippen molar-refractivity contribution in [1.82, 2.24) is 30.0 Å². The van der Waals surface area contributed by atoms with Crippen LogP contribution < -0.4 is 15.5 Å². The molecule has 0 saturated carbocycles. The van der Waals surface area contributed by atoms with Gasteiger partial charge < -0.3 is 35.3 Å². The highest BCUT2D eigenvalue weighted by atomic mass is 19.1. The molecule has 61 heavy (non-hydrogen) atoms. The number of aromatic hydroxyl groups is 2. The Morgan fingerprint density at radius 3 is 2.41 bits per heavy atom. The van der Waals surface area contributed by atoms with Crippen LogP contribution in [0.3, 0.4) is 0 Å². The van der Waals surface area contributed by atoms with Crippen LogP contribution in [0.2, 0.25) is 0 Å². The molecule has 2 saturated heterocycles. The van der Waals surface area contributed by atoms with E-state index in [1.54, 1.807) is 35.2 Å². The zero-order valence-electron chi connectivity index (χ0n) is 33.3. The summed E-state index contributed by atoms with van der Waals surface area (Å²) in [6.45, 7) is 8.25. The molecule has 1 atom stereocenters. The number of piperazine rings is 1. The van der Waals surface area contributed by atoms with E-state index in [9.17, 15) is 39.3 Å². The van der Waals surface area contributed by atoms with Crippen molar-refractivity contribution in [3.05, 3.63) is 106 Å². The SMILES string of the molecule is C=N/N=C(/c1cc(C(C)C)c(O)cc1O)N(CO)c1ccc(CN2CCN(C(=O)c3cnc(C(=O)Nc4cccc5c4CN(C4CCC(=O)NC4=O)C5=O)cn3)CC2)c(F)c1. The average Bonchev–Trinajstić information content (AvgIpc) is 3.58. The molecule has 3 aliphatic heterocycles. The first-order valence-electron chi connectivity index (χ1n) is 19.5. The van der Waals surface area contributed by atoms with Gasteiger partial charge in [-0.3, -0.25) is 34.2 Å². The summed E-state index contributed by atoms with van der Waals surface area (Å²) >= 11 is 0. The van der Waals surface area contributed by atoms with Crippen LogP contribution in [0.4, 0.5) is 15.8 Å². The molecule has 7 rings (SSSR count). The molecule has 316 valence electrons. The number of imide groups is 1. The Morgan fingerprint density at radius 1 is 1.02 bits per heavy atom. The summed E-state index contributed by atoms with van der Waals surface area (Å²) in [7, 11) is 0. The van der Waals surface area contributed by atoms with Gasteiger partial charge in [0.2, 0.25) is 11.8 Å². The maximum atomic E-state index is 15.6. The molecule has 3 aliphatic rings. The molecule has 1 unspecified atom stereocenters. The number of fused-ring (bicyclic) bond motifs is 1. The molecule has 0 aliphatic carbocycles. The van der Waals surface area contributed by atoms with E-state index in [0.717, 1.165) is 0 Å². The van der Waals surface area contributed by atoms with E-state index in [2.05, 4.69) is 37.5 Å². The van der Waals surface area contributed by atoms with Gasteiger partial charge in [-0.2, -0.15) is 5.10 Å². The van der Waals surface area contributed by atoms with Crippen LogP contribution in [0.1, 0.15) is 86.2 Å². The molecule has 0 bridgehead atoms. The maximum absolute atomic E-state index is 15.6. The van der Waals surface area contributed by atoms with E-state index in [0.29, 0.717) is 54.1 Å². The van der Waals surface area contributed by atoms with Gasteiger partial charge >= 0.3 is 0 Å². The van der Waals surface area contributed by atoms with Gasteiger partial charge in [-0.15, -0.1) is 5.10 Å². The van der Waals surface area contributed by atoms with E-state index in [1.165, 1.54) is 40.4 Å². The predicted molar refractivity (Wildman–Crippen MR) is 220 cm³/mol. The topological polar surface area (TPSA) is 234 Å². The number of aliphatic hydroxyl groups is 1. The van der Waals surface area contributed by atoms with Crippen molar-refractivity contribution >= 4 is 53.5 Å². The summed E-state index contributed by atoms with van der Waals surface area (Å²) in [6, 6.07) is 11.1. The van der Waals surface area contributed by atoms with Crippen LogP contribution >= 0.6 is 0 Å². The third kappa shape index (κ3) is 8.64. The minimum Gasteiger partial charge on any atom is -0.508 e. The van der Waals surface area contributed by atoms with Crippen LogP contribution in [0.25, 0.3) is 0 Å². The molecule has 2 fully saturated rings. The average molecular weight is 835 g/mol. The van der Waals surface area contributed by atoms with Gasteiger partial charge in [0, 0.05) is 86.5 Å². The van der Waals surface area contributed by atoms with Crippen molar-refractivity contribution in [2.24, 2.45) is 10.2 Å². The maximum Gasteiger partial charge on any atom is 0.275 e. The number of rotatable bonds is 11. The molecule has 0 spiro atoms. The fourth-order valence-electron chi connectivity index (χ4n) is 7.62. The van der Waals surface area contributed by atoms with Crippen LogP contribution in [0, 0.1) is 5.82 Å². The highest BCUT2D eigenvalue weighted by molar-refractivity contribution is 6.12. The fourth-order valence-corrected chi connectivity index (χ4v) is 7.62. The van der Waals surface area contributed by atoms with Gasteiger partial charge in [-0.25, -0.2) is 14.4 Å². The Morgan fingerprint density at radius 2 is 1.75 bits per heavy atom. The smallest absolute Gasteiger partial charge is 0.275 e. The number of nitrogens with zero attached hydrogens (tertiary/aromatic N) is 8. The Hall–Kier alpha value is -7.12. The number of anilines is 2. The quantitative estimate of drug-likeness (QED) is 0.0483. The number of amidine groups is 1. The summed E-state index contributed by atoms with van der Waals surface area (Å²) in [5.41, 5.74) is 2.44. The number of hydrogen-bond acceptors (Lipinski definition) is 13. The molecule has 18 nitrogen and oxygen atoms in total. The number of benzene rings is 3. The first kappa shape index (κ1) is 42.0.